The van der Waals surface area contributed by atoms with E-state index in [0.29, 0.717) is 5.56 Å². The van der Waals surface area contributed by atoms with E-state index >= 15 is 0 Å². The minimum absolute atomic E-state index is 0.0596. The molecule has 1 aromatic carbocycles. The first-order valence-electron chi connectivity index (χ1n) is 5.12. The fourth-order valence-corrected chi connectivity index (χ4v) is 2.21. The number of carbonyl (C=O) groups excluding carboxylic acids is 1. The second-order valence-electron chi connectivity index (χ2n) is 3.56. The Morgan fingerprint density at radius 1 is 1.35 bits per heavy atom. The van der Waals surface area contributed by atoms with Gasteiger partial charge in [0, 0.05) is 6.42 Å². The predicted molar refractivity (Wildman–Crippen MR) is 67.5 cm³/mol. The highest BCUT2D eigenvalue weighted by molar-refractivity contribution is 9.09. The van der Waals surface area contributed by atoms with Crippen molar-refractivity contribution < 1.29 is 31.5 Å². The summed E-state index contributed by atoms with van der Waals surface area (Å²) in [6, 6.07) is 3.30. The molecule has 1 aromatic rings. The molecule has 9 heteroatoms. The van der Waals surface area contributed by atoms with Gasteiger partial charge in [0.05, 0.1) is 10.2 Å². The molecule has 0 fully saturated rings. The number of Topliss-reactive ketones (excluding diaryl/α,β-unsaturated/α-hetero) is 1. The zero-order chi connectivity index (χ0) is 15.3. The Kier molecular flexibility index (Phi) is 6.25. The highest BCUT2D eigenvalue weighted by atomic mass is 79.9. The first kappa shape index (κ1) is 17.2. The summed E-state index contributed by atoms with van der Waals surface area (Å²) in [7, 11) is 0. The highest BCUT2D eigenvalue weighted by Gasteiger charge is 2.31. The van der Waals surface area contributed by atoms with E-state index in [1.54, 1.807) is 0 Å². The number of benzene rings is 1. The van der Waals surface area contributed by atoms with Gasteiger partial charge in [-0.2, -0.15) is 22.0 Å². The average Bonchev–Trinajstić information content (AvgIpc) is 2.30. The van der Waals surface area contributed by atoms with Crippen LogP contribution in [0, 0.1) is 0 Å². The van der Waals surface area contributed by atoms with Crippen molar-refractivity contribution in [2.45, 2.75) is 23.4 Å². The topological polar surface area (TPSA) is 26.3 Å². The third-order valence-corrected chi connectivity index (χ3v) is 3.40. The Morgan fingerprint density at radius 3 is 2.50 bits per heavy atom. The summed E-state index contributed by atoms with van der Waals surface area (Å²) in [5, 5.41) is 0.0596. The van der Waals surface area contributed by atoms with E-state index in [1.807, 2.05) is 0 Å². The Morgan fingerprint density at radius 2 is 2.00 bits per heavy atom. The molecule has 2 nitrogen and oxygen atoms in total. The van der Waals surface area contributed by atoms with Crippen LogP contribution in [0.25, 0.3) is 0 Å². The number of hydrogen-bond acceptors (Lipinski definition) is 3. The molecule has 0 aliphatic heterocycles. The number of rotatable bonds is 6. The van der Waals surface area contributed by atoms with Crippen LogP contribution in [0.3, 0.4) is 0 Å². The van der Waals surface area contributed by atoms with Gasteiger partial charge >= 0.3 is 12.1 Å². The van der Waals surface area contributed by atoms with E-state index in [-0.39, 0.29) is 17.5 Å². The summed E-state index contributed by atoms with van der Waals surface area (Å²) in [6.45, 7) is -3.22. The lowest BCUT2D eigenvalue weighted by molar-refractivity contribution is -0.115. The molecule has 0 amide bonds. The molecule has 0 atom stereocenters. The minimum Gasteiger partial charge on any atom is -0.434 e. The van der Waals surface area contributed by atoms with Crippen molar-refractivity contribution in [1.82, 2.24) is 0 Å². The van der Waals surface area contributed by atoms with Crippen LogP contribution in [-0.2, 0) is 11.2 Å². The number of hydrogen-bond donors (Lipinski definition) is 0. The largest absolute Gasteiger partial charge is 0.446 e. The van der Waals surface area contributed by atoms with Crippen LogP contribution < -0.4 is 4.74 Å². The number of halogens is 6. The minimum atomic E-state index is -4.64. The van der Waals surface area contributed by atoms with Gasteiger partial charge in [-0.3, -0.25) is 4.79 Å². The number of ether oxygens (including phenoxy) is 1. The van der Waals surface area contributed by atoms with Crippen LogP contribution >= 0.6 is 27.7 Å². The third-order valence-electron chi connectivity index (χ3n) is 2.00. The molecule has 0 aliphatic rings. The van der Waals surface area contributed by atoms with Crippen LogP contribution in [0.4, 0.5) is 22.0 Å². The number of alkyl halides is 6. The van der Waals surface area contributed by atoms with Gasteiger partial charge in [0.1, 0.15) is 11.5 Å². The van der Waals surface area contributed by atoms with Gasteiger partial charge < -0.3 is 4.74 Å². The highest BCUT2D eigenvalue weighted by Crippen LogP contribution is 2.42. The van der Waals surface area contributed by atoms with Gasteiger partial charge in [-0.15, -0.1) is 0 Å². The summed E-state index contributed by atoms with van der Waals surface area (Å²) in [6.07, 6.45) is -0.0916. The summed E-state index contributed by atoms with van der Waals surface area (Å²) in [5.74, 6) is -0.812. The predicted octanol–water partition coefficient (Wildman–Crippen LogP) is 4.41. The molecular formula is C11H8BrF5O2S. The van der Waals surface area contributed by atoms with E-state index in [4.69, 9.17) is 0 Å². The van der Waals surface area contributed by atoms with Gasteiger partial charge in [0.2, 0.25) is 0 Å². The van der Waals surface area contributed by atoms with Crippen molar-refractivity contribution in [3.8, 4) is 5.75 Å². The molecule has 1 rings (SSSR count). The monoisotopic (exact) mass is 378 g/mol. The fraction of sp³-hybridized carbons (Fsp3) is 0.364. The maximum Gasteiger partial charge on any atom is 0.446 e. The van der Waals surface area contributed by atoms with E-state index in [1.165, 1.54) is 6.07 Å². The zero-order valence-electron chi connectivity index (χ0n) is 9.72. The van der Waals surface area contributed by atoms with Crippen molar-refractivity contribution >= 4 is 33.5 Å². The first-order valence-corrected chi connectivity index (χ1v) is 7.06. The summed E-state index contributed by atoms with van der Waals surface area (Å²) in [4.78, 5) is 10.7. The lowest BCUT2D eigenvalue weighted by Crippen LogP contribution is -2.07. The molecular weight excluding hydrogens is 371 g/mol. The lowest BCUT2D eigenvalue weighted by Gasteiger charge is -2.13. The van der Waals surface area contributed by atoms with Crippen LogP contribution in [0.1, 0.15) is 5.56 Å². The number of carbonyl (C=O) groups is 1. The molecule has 0 aliphatic carbocycles. The molecule has 0 saturated heterocycles. The Balaban J connectivity index is 3.04. The first-order chi connectivity index (χ1) is 9.21. The molecule has 0 heterocycles. The summed E-state index contributed by atoms with van der Waals surface area (Å²) >= 11 is 2.37. The maximum absolute atomic E-state index is 12.4. The Bertz CT molecular complexity index is 478. The molecule has 0 radical (unpaired) electrons. The number of thioether (sulfide) groups is 1. The Hall–Kier alpha value is -0.830. The standard InChI is InChI=1S/C11H8BrF5O2S/c12-5-7(18)3-6-1-2-8(19-10(13)14)9(4-6)20-11(15,16)17/h1-2,4,10H,3,5H2. The fourth-order valence-electron chi connectivity index (χ4n) is 1.34. The van der Waals surface area contributed by atoms with Crippen molar-refractivity contribution in [1.29, 1.82) is 0 Å². The maximum atomic E-state index is 12.4. The van der Waals surface area contributed by atoms with Crippen molar-refractivity contribution in [2.75, 3.05) is 5.33 Å². The van der Waals surface area contributed by atoms with E-state index in [2.05, 4.69) is 20.7 Å². The van der Waals surface area contributed by atoms with Gasteiger partial charge in [0.25, 0.3) is 0 Å². The van der Waals surface area contributed by atoms with Crippen LogP contribution in [0.5, 0.6) is 5.75 Å². The second kappa shape index (κ2) is 7.26. The zero-order valence-corrected chi connectivity index (χ0v) is 12.1. The quantitative estimate of drug-likeness (QED) is 0.416. The average molecular weight is 379 g/mol. The summed E-state index contributed by atoms with van der Waals surface area (Å²) in [5.41, 5.74) is -4.35. The van der Waals surface area contributed by atoms with Gasteiger partial charge in [-0.25, -0.2) is 0 Å². The van der Waals surface area contributed by atoms with Crippen LogP contribution in [0.15, 0.2) is 23.1 Å². The van der Waals surface area contributed by atoms with E-state index in [9.17, 15) is 26.7 Å². The molecule has 0 aromatic heterocycles. The molecule has 0 unspecified atom stereocenters. The summed E-state index contributed by atoms with van der Waals surface area (Å²) < 4.78 is 65.4. The molecule has 0 bridgehead atoms. The van der Waals surface area contributed by atoms with E-state index in [0.717, 1.165) is 12.1 Å². The normalized spacial score (nSPS) is 11.8. The van der Waals surface area contributed by atoms with Crippen LogP contribution in [-0.4, -0.2) is 23.2 Å². The molecule has 0 spiro atoms. The van der Waals surface area contributed by atoms with Crippen LogP contribution in [0.2, 0.25) is 0 Å². The van der Waals surface area contributed by atoms with Gasteiger partial charge in [-0.1, -0.05) is 22.0 Å². The van der Waals surface area contributed by atoms with Crippen molar-refractivity contribution in [2.24, 2.45) is 0 Å². The molecule has 20 heavy (non-hydrogen) atoms. The van der Waals surface area contributed by atoms with Crippen molar-refractivity contribution in [3.63, 3.8) is 0 Å². The van der Waals surface area contributed by atoms with Crippen molar-refractivity contribution in [3.05, 3.63) is 23.8 Å². The van der Waals surface area contributed by atoms with Gasteiger partial charge in [0.15, 0.2) is 0 Å². The molecule has 112 valence electrons. The Labute approximate surface area is 123 Å². The third kappa shape index (κ3) is 6.08. The molecule has 0 N–H and O–H groups in total. The SMILES string of the molecule is O=C(CBr)Cc1ccc(OC(F)F)c(SC(F)(F)F)c1. The lowest BCUT2D eigenvalue weighted by atomic mass is 10.1. The van der Waals surface area contributed by atoms with E-state index < -0.39 is 34.5 Å². The smallest absolute Gasteiger partial charge is 0.434 e. The van der Waals surface area contributed by atoms with Gasteiger partial charge in [-0.05, 0) is 29.5 Å². The second-order valence-corrected chi connectivity index (χ2v) is 5.22. The number of ketones is 1. The molecule has 0 saturated carbocycles.